The summed E-state index contributed by atoms with van der Waals surface area (Å²) in [5.74, 6) is 1.01. The molecule has 23 heavy (non-hydrogen) atoms. The van der Waals surface area contributed by atoms with Gasteiger partial charge in [0.05, 0.1) is 18.2 Å². The molecule has 2 heterocycles. The Bertz CT molecular complexity index is 859. The Morgan fingerprint density at radius 1 is 1.30 bits per heavy atom. The highest BCUT2D eigenvalue weighted by atomic mass is 16.5. The van der Waals surface area contributed by atoms with E-state index in [9.17, 15) is 4.79 Å². The van der Waals surface area contributed by atoms with Gasteiger partial charge in [0.15, 0.2) is 5.82 Å². The van der Waals surface area contributed by atoms with Crippen LogP contribution in [0.3, 0.4) is 0 Å². The van der Waals surface area contributed by atoms with Crippen molar-refractivity contribution in [3.05, 3.63) is 47.6 Å². The molecule has 0 spiro atoms. The Morgan fingerprint density at radius 3 is 2.78 bits per heavy atom. The van der Waals surface area contributed by atoms with Gasteiger partial charge in [-0.25, -0.2) is 4.98 Å². The number of carbonyl (C=O) groups excluding carboxylic acids is 1. The predicted molar refractivity (Wildman–Crippen MR) is 83.2 cm³/mol. The first kappa shape index (κ1) is 15.0. The van der Waals surface area contributed by atoms with E-state index in [0.717, 1.165) is 5.39 Å². The summed E-state index contributed by atoms with van der Waals surface area (Å²) in [5, 5.41) is 7.33. The Hall–Kier alpha value is -2.96. The Kier molecular flexibility index (Phi) is 3.92. The van der Waals surface area contributed by atoms with Gasteiger partial charge >= 0.3 is 0 Å². The highest BCUT2D eigenvalue weighted by Crippen LogP contribution is 2.22. The van der Waals surface area contributed by atoms with Gasteiger partial charge in [-0.05, 0) is 19.9 Å². The fraction of sp³-hybridized carbons (Fsp3) is 0.250. The molecule has 0 aliphatic rings. The van der Waals surface area contributed by atoms with Crippen LogP contribution in [-0.4, -0.2) is 28.1 Å². The first-order valence-corrected chi connectivity index (χ1v) is 7.13. The molecule has 1 atom stereocenters. The van der Waals surface area contributed by atoms with Crippen molar-refractivity contribution in [1.82, 2.24) is 20.4 Å². The van der Waals surface area contributed by atoms with Crippen molar-refractivity contribution in [3.8, 4) is 5.88 Å². The zero-order valence-corrected chi connectivity index (χ0v) is 13.0. The number of fused-ring (bicyclic) bond motifs is 1. The second kappa shape index (κ2) is 6.04. The zero-order valence-electron chi connectivity index (χ0n) is 13.0. The van der Waals surface area contributed by atoms with E-state index in [1.165, 1.54) is 7.11 Å². The van der Waals surface area contributed by atoms with E-state index >= 15 is 0 Å². The number of benzene rings is 1. The third-order valence-corrected chi connectivity index (χ3v) is 3.41. The largest absolute Gasteiger partial charge is 0.481 e. The number of nitrogens with zero attached hydrogens (tertiary/aromatic N) is 3. The molecule has 0 fully saturated rings. The average molecular weight is 312 g/mol. The van der Waals surface area contributed by atoms with Crippen LogP contribution in [0.15, 0.2) is 34.9 Å². The number of nitrogens with one attached hydrogen (secondary N) is 1. The second-order valence-corrected chi connectivity index (χ2v) is 5.10. The van der Waals surface area contributed by atoms with E-state index < -0.39 is 6.04 Å². The van der Waals surface area contributed by atoms with E-state index in [2.05, 4.69) is 20.4 Å². The molecule has 1 amide bonds. The standard InChI is InChI=1S/C16H16N4O3/c1-9(16-18-10(2)20-23-16)17-15(21)12-8-14(22-3)19-13-7-5-4-6-11(12)13/h4-9H,1-3H3,(H,17,21). The third kappa shape index (κ3) is 2.98. The fourth-order valence-corrected chi connectivity index (χ4v) is 2.27. The minimum atomic E-state index is -0.401. The molecule has 1 N–H and O–H groups in total. The molecule has 7 nitrogen and oxygen atoms in total. The SMILES string of the molecule is COc1cc(C(=O)NC(C)c2nc(C)no2)c2ccccc2n1. The summed E-state index contributed by atoms with van der Waals surface area (Å²) in [6.07, 6.45) is 0. The van der Waals surface area contributed by atoms with Crippen molar-refractivity contribution in [3.63, 3.8) is 0 Å². The van der Waals surface area contributed by atoms with Crippen LogP contribution in [0.25, 0.3) is 10.9 Å². The molecular weight excluding hydrogens is 296 g/mol. The maximum Gasteiger partial charge on any atom is 0.252 e. The number of hydrogen-bond donors (Lipinski definition) is 1. The van der Waals surface area contributed by atoms with Crippen LogP contribution < -0.4 is 10.1 Å². The number of aromatic nitrogens is 3. The van der Waals surface area contributed by atoms with Crippen LogP contribution in [0.1, 0.15) is 35.0 Å². The molecule has 1 unspecified atom stereocenters. The monoisotopic (exact) mass is 312 g/mol. The molecule has 0 bridgehead atoms. The number of pyridine rings is 1. The van der Waals surface area contributed by atoms with Gasteiger partial charge in [0, 0.05) is 11.5 Å². The number of methoxy groups -OCH3 is 1. The lowest BCUT2D eigenvalue weighted by atomic mass is 10.1. The van der Waals surface area contributed by atoms with E-state index in [1.807, 2.05) is 24.3 Å². The molecule has 0 saturated carbocycles. The van der Waals surface area contributed by atoms with Gasteiger partial charge in [-0.1, -0.05) is 23.4 Å². The predicted octanol–water partition coefficient (Wildman–Crippen LogP) is 2.43. The molecule has 118 valence electrons. The number of para-hydroxylation sites is 1. The number of hydrogen-bond acceptors (Lipinski definition) is 6. The van der Waals surface area contributed by atoms with Crippen LogP contribution in [0.2, 0.25) is 0 Å². The van der Waals surface area contributed by atoms with Crippen molar-refractivity contribution in [1.29, 1.82) is 0 Å². The quantitative estimate of drug-likeness (QED) is 0.795. The van der Waals surface area contributed by atoms with Crippen LogP contribution in [0, 0.1) is 6.92 Å². The minimum absolute atomic E-state index is 0.259. The van der Waals surface area contributed by atoms with Crippen molar-refractivity contribution >= 4 is 16.8 Å². The maximum absolute atomic E-state index is 12.6. The summed E-state index contributed by atoms with van der Waals surface area (Å²) in [6, 6.07) is 8.61. The van der Waals surface area contributed by atoms with E-state index in [-0.39, 0.29) is 5.91 Å². The highest BCUT2D eigenvalue weighted by molar-refractivity contribution is 6.06. The zero-order chi connectivity index (χ0) is 16.4. The van der Waals surface area contributed by atoms with Crippen LogP contribution in [-0.2, 0) is 0 Å². The van der Waals surface area contributed by atoms with Gasteiger partial charge in [-0.15, -0.1) is 0 Å². The molecular formula is C16H16N4O3. The topological polar surface area (TPSA) is 90.1 Å². The molecule has 7 heteroatoms. The number of ether oxygens (including phenoxy) is 1. The summed E-state index contributed by atoms with van der Waals surface area (Å²) in [5.41, 5.74) is 1.17. The molecule has 2 aromatic heterocycles. The summed E-state index contributed by atoms with van der Waals surface area (Å²) in [7, 11) is 1.52. The second-order valence-electron chi connectivity index (χ2n) is 5.10. The van der Waals surface area contributed by atoms with Crippen molar-refractivity contribution in [2.75, 3.05) is 7.11 Å². The lowest BCUT2D eigenvalue weighted by Crippen LogP contribution is -2.27. The van der Waals surface area contributed by atoms with Crippen molar-refractivity contribution in [2.24, 2.45) is 0 Å². The summed E-state index contributed by atoms with van der Waals surface area (Å²) >= 11 is 0. The molecule has 3 aromatic rings. The Morgan fingerprint density at radius 2 is 2.09 bits per heavy atom. The lowest BCUT2D eigenvalue weighted by Gasteiger charge is -2.12. The van der Waals surface area contributed by atoms with Crippen molar-refractivity contribution in [2.45, 2.75) is 19.9 Å². The molecule has 1 aromatic carbocycles. The Balaban J connectivity index is 1.94. The average Bonchev–Trinajstić information content (AvgIpc) is 3.00. The first-order chi connectivity index (χ1) is 11.1. The van der Waals surface area contributed by atoms with Gasteiger partial charge in [-0.2, -0.15) is 4.98 Å². The van der Waals surface area contributed by atoms with E-state index in [1.54, 1.807) is 19.9 Å². The van der Waals surface area contributed by atoms with Gasteiger partial charge in [0.25, 0.3) is 5.91 Å². The molecule has 0 saturated heterocycles. The summed E-state index contributed by atoms with van der Waals surface area (Å²) in [6.45, 7) is 3.51. The van der Waals surface area contributed by atoms with Gasteiger partial charge < -0.3 is 14.6 Å². The molecule has 0 radical (unpaired) electrons. The summed E-state index contributed by atoms with van der Waals surface area (Å²) in [4.78, 5) is 21.1. The number of rotatable bonds is 4. The highest BCUT2D eigenvalue weighted by Gasteiger charge is 2.19. The molecule has 0 aliphatic carbocycles. The van der Waals surface area contributed by atoms with Gasteiger partial charge in [0.1, 0.15) is 6.04 Å². The molecule has 0 aliphatic heterocycles. The lowest BCUT2D eigenvalue weighted by molar-refractivity contribution is 0.0933. The van der Waals surface area contributed by atoms with E-state index in [0.29, 0.717) is 28.7 Å². The maximum atomic E-state index is 12.6. The number of carbonyl (C=O) groups is 1. The normalized spacial score (nSPS) is 12.1. The minimum Gasteiger partial charge on any atom is -0.481 e. The van der Waals surface area contributed by atoms with Gasteiger partial charge in [0.2, 0.25) is 11.8 Å². The Labute approximate surface area is 132 Å². The van der Waals surface area contributed by atoms with Crippen LogP contribution in [0.5, 0.6) is 5.88 Å². The first-order valence-electron chi connectivity index (χ1n) is 7.13. The van der Waals surface area contributed by atoms with Crippen molar-refractivity contribution < 1.29 is 14.1 Å². The smallest absolute Gasteiger partial charge is 0.252 e. The van der Waals surface area contributed by atoms with Crippen LogP contribution >= 0.6 is 0 Å². The van der Waals surface area contributed by atoms with Gasteiger partial charge in [-0.3, -0.25) is 4.79 Å². The van der Waals surface area contributed by atoms with E-state index in [4.69, 9.17) is 9.26 Å². The summed E-state index contributed by atoms with van der Waals surface area (Å²) < 4.78 is 10.3. The van der Waals surface area contributed by atoms with Crippen LogP contribution in [0.4, 0.5) is 0 Å². The fourth-order valence-electron chi connectivity index (χ4n) is 2.27. The number of aryl methyl sites for hydroxylation is 1. The molecule has 3 rings (SSSR count). The number of amides is 1. The third-order valence-electron chi connectivity index (χ3n) is 3.41.